The van der Waals surface area contributed by atoms with Gasteiger partial charge in [-0.3, -0.25) is 25.3 Å². The van der Waals surface area contributed by atoms with Crippen molar-refractivity contribution >= 4 is 60.6 Å². The first-order chi connectivity index (χ1) is 34.4. The average Bonchev–Trinajstić information content (AvgIpc) is 3.25. The van der Waals surface area contributed by atoms with Crippen molar-refractivity contribution in [3.8, 4) is 11.5 Å². The van der Waals surface area contributed by atoms with Gasteiger partial charge in [0.2, 0.25) is 0 Å². The molecule has 0 aliphatic carbocycles. The molecule has 5 aromatic rings. The molecule has 5 rings (SSSR count). The van der Waals surface area contributed by atoms with E-state index >= 15 is 0 Å². The van der Waals surface area contributed by atoms with E-state index in [1.165, 1.54) is 24.3 Å². The average molecular weight is 1260 g/mol. The summed E-state index contributed by atoms with van der Waals surface area (Å²) in [6.07, 6.45) is -21.3. The van der Waals surface area contributed by atoms with Gasteiger partial charge in [-0.1, -0.05) is 18.2 Å². The lowest BCUT2D eigenvalue weighted by molar-refractivity contribution is -0.145. The number of halogens is 21. The molecular weight excluding hydrogens is 1240 g/mol. The van der Waals surface area contributed by atoms with Crippen LogP contribution in [0, 0.1) is 3.91 Å². The molecule has 0 N–H and O–H groups in total. The molecule has 0 fully saturated rings. The highest BCUT2D eigenvalue weighted by atomic mass is 32.3. The maximum absolute atomic E-state index is 13.3. The van der Waals surface area contributed by atoms with E-state index in [2.05, 4.69) is 0 Å². The maximum atomic E-state index is 13.3. The third-order valence-electron chi connectivity index (χ3n) is 8.78. The fourth-order valence-corrected chi connectivity index (χ4v) is 15.2. The summed E-state index contributed by atoms with van der Waals surface area (Å²) in [6, 6.07) is 17.4. The molecule has 0 heterocycles. The number of sulfone groups is 3. The maximum Gasteiger partial charge on any atom is 0.470 e. The molecule has 0 bridgehead atoms. The van der Waals surface area contributed by atoms with Gasteiger partial charge in [-0.15, -0.1) is 0 Å². The summed E-state index contributed by atoms with van der Waals surface area (Å²) in [5.74, 6) is -0.993. The second-order valence-corrected chi connectivity index (χ2v) is 25.7. The molecule has 0 saturated carbocycles. The van der Waals surface area contributed by atoms with Crippen LogP contribution in [0.4, 0.5) is 92.2 Å². The Labute approximate surface area is 420 Å². The molecule has 0 spiro atoms. The Kier molecular flexibility index (Phi) is 17.6. The van der Waals surface area contributed by atoms with Gasteiger partial charge in [-0.25, -0.2) is 0 Å². The molecule has 77 heavy (non-hydrogen) atoms. The summed E-state index contributed by atoms with van der Waals surface area (Å²) in [4.78, 5) is -1.39. The van der Waals surface area contributed by atoms with Crippen molar-refractivity contribution < 1.29 is 143 Å². The molecule has 0 unspecified atom stereocenters. The summed E-state index contributed by atoms with van der Waals surface area (Å²) in [5.41, 5.74) is -28.7. The number of hydrogen-bond donors (Lipinski definition) is 0. The highest BCUT2D eigenvalue weighted by molar-refractivity contribution is 8.29. The van der Waals surface area contributed by atoms with Crippen molar-refractivity contribution in [1.29, 1.82) is 0 Å². The highest BCUT2D eigenvalue weighted by Crippen LogP contribution is 2.48. The van der Waals surface area contributed by atoms with Crippen LogP contribution in [0.3, 0.4) is 0 Å². The lowest BCUT2D eigenvalue weighted by atomic mass is 10.1. The van der Waals surface area contributed by atoms with E-state index in [9.17, 15) is 134 Å². The fourth-order valence-electron chi connectivity index (χ4n) is 5.44. The molecule has 5 aromatic carbocycles. The van der Waals surface area contributed by atoms with Crippen LogP contribution in [0.5, 0.6) is 11.5 Å². The van der Waals surface area contributed by atoms with Gasteiger partial charge >= 0.3 is 61.5 Å². The van der Waals surface area contributed by atoms with Gasteiger partial charge in [0.1, 0.15) is 21.3 Å². The Hall–Kier alpha value is -5.67. The third-order valence-corrected chi connectivity index (χ3v) is 20.6. The van der Waals surface area contributed by atoms with E-state index in [0.717, 1.165) is 24.3 Å². The van der Waals surface area contributed by atoms with Crippen LogP contribution in [-0.2, 0) is 85.3 Å². The standard InChI is InChI=1S/C34H19F12O6S3.C4F9O6S3/c35-31(36,37)20-14-21(32(38,39)40)17-29(16-20)54(47,48)51-24-6-10-27(11-7-24)53(26-4-2-1-3-5-26)28-12-8-25(9-13-28)52-55(49,50)30-18-22(33(41,42)43)15-23(19-30)34(44,45)46;5-2(6,7)20(14,15)1(21(16,17)3(8,9)10)22(18,19)4(11,12)13/h1-19H;/q+1;-1. The minimum atomic E-state index is -8.02. The van der Waals surface area contributed by atoms with Crippen molar-refractivity contribution in [1.82, 2.24) is 0 Å². The minimum absolute atomic E-state index is 0.0101. The first kappa shape index (κ1) is 63.9. The van der Waals surface area contributed by atoms with Crippen LogP contribution in [-0.4, -0.2) is 58.6 Å². The topological polar surface area (TPSA) is 189 Å². The fraction of sp³-hybridized carbons (Fsp3) is 0.184. The van der Waals surface area contributed by atoms with E-state index < -0.39 is 149 Å². The van der Waals surface area contributed by atoms with Crippen LogP contribution in [0.2, 0.25) is 0 Å². The molecule has 0 amide bonds. The SMILES string of the molecule is O=S(=O)(Oc1ccc([S+](c2ccccc2)c2ccc(OS(=O)(=O)c3cc(C(F)(F)F)cc(C(F)(F)F)c3)cc2)cc1)c1cc(C(F)(F)F)cc(C(F)(F)F)c1.O=S(=O)([C-](S(=O)(=O)C(F)(F)F)S(=O)(=O)C(F)(F)F)C(F)(F)F. The zero-order valence-electron chi connectivity index (χ0n) is 35.8. The van der Waals surface area contributed by atoms with E-state index in [0.29, 0.717) is 14.7 Å². The van der Waals surface area contributed by atoms with E-state index in [4.69, 9.17) is 8.37 Å². The number of alkyl halides is 21. The normalized spacial score (nSPS) is 14.0. The molecule has 39 heteroatoms. The quantitative estimate of drug-likeness (QED) is 0.0498. The molecule has 0 aromatic heterocycles. The largest absolute Gasteiger partial charge is 0.470 e. The summed E-state index contributed by atoms with van der Waals surface area (Å²) in [6.45, 7) is 0. The predicted molar refractivity (Wildman–Crippen MR) is 218 cm³/mol. The van der Waals surface area contributed by atoms with Gasteiger partial charge in [-0.05, 0) is 97.1 Å². The highest BCUT2D eigenvalue weighted by Gasteiger charge is 2.63. The van der Waals surface area contributed by atoms with E-state index in [-0.39, 0.29) is 36.4 Å². The molecule has 426 valence electrons. The van der Waals surface area contributed by atoms with Gasteiger partial charge in [0.05, 0.1) is 37.1 Å². The number of rotatable bonds is 12. The number of benzene rings is 5. The smallest absolute Gasteiger partial charge is 0.379 e. The first-order valence-corrected chi connectivity index (χ1v) is 27.1. The zero-order chi connectivity index (χ0) is 59.4. The van der Waals surface area contributed by atoms with Crippen LogP contribution in [0.25, 0.3) is 0 Å². The summed E-state index contributed by atoms with van der Waals surface area (Å²) in [7, 11) is -35.7. The summed E-state index contributed by atoms with van der Waals surface area (Å²) in [5, 5.41) is 0. The molecular formula is C38H19F21O12S6. The van der Waals surface area contributed by atoms with Crippen LogP contribution in [0.1, 0.15) is 22.3 Å². The summed E-state index contributed by atoms with van der Waals surface area (Å²) >= 11 is 0. The Bertz CT molecular complexity index is 3220. The molecule has 0 radical (unpaired) electrons. The van der Waals surface area contributed by atoms with E-state index in [1.54, 1.807) is 30.3 Å². The molecule has 0 aliphatic heterocycles. The van der Waals surface area contributed by atoms with Crippen LogP contribution in [0.15, 0.2) is 140 Å². The number of hydrogen-bond acceptors (Lipinski definition) is 12. The Morgan fingerprint density at radius 1 is 0.325 bits per heavy atom. The lowest BCUT2D eigenvalue weighted by Gasteiger charge is -2.31. The zero-order valence-corrected chi connectivity index (χ0v) is 40.7. The Balaban J connectivity index is 0.000000490. The molecule has 0 aliphatic rings. The molecule has 0 atom stereocenters. The van der Waals surface area contributed by atoms with Crippen molar-refractivity contribution in [2.75, 3.05) is 0 Å². The van der Waals surface area contributed by atoms with Crippen LogP contribution < -0.4 is 8.37 Å². The van der Waals surface area contributed by atoms with Gasteiger partial charge in [0.15, 0.2) is 44.2 Å². The second kappa shape index (κ2) is 21.2. The predicted octanol–water partition coefficient (Wildman–Crippen LogP) is 11.6. The van der Waals surface area contributed by atoms with Crippen molar-refractivity contribution in [2.45, 2.75) is 65.7 Å². The van der Waals surface area contributed by atoms with Crippen molar-refractivity contribution in [3.63, 3.8) is 0 Å². The van der Waals surface area contributed by atoms with Crippen molar-refractivity contribution in [3.05, 3.63) is 141 Å². The molecule has 12 nitrogen and oxygen atoms in total. The van der Waals surface area contributed by atoms with Crippen molar-refractivity contribution in [2.24, 2.45) is 0 Å². The second-order valence-electron chi connectivity index (χ2n) is 14.2. The Morgan fingerprint density at radius 2 is 0.558 bits per heavy atom. The third kappa shape index (κ3) is 14.7. The van der Waals surface area contributed by atoms with Gasteiger partial charge < -0.3 is 8.37 Å². The minimum Gasteiger partial charge on any atom is -0.379 e. The monoisotopic (exact) mass is 1260 g/mol. The molecule has 0 saturated heterocycles. The van der Waals surface area contributed by atoms with E-state index in [1.807, 2.05) is 0 Å². The van der Waals surface area contributed by atoms with Gasteiger partial charge in [0.25, 0.3) is 0 Å². The van der Waals surface area contributed by atoms with Gasteiger partial charge in [0, 0.05) is 0 Å². The lowest BCUT2D eigenvalue weighted by Crippen LogP contribution is -2.47. The Morgan fingerprint density at radius 3 is 0.779 bits per heavy atom. The summed E-state index contributed by atoms with van der Waals surface area (Å²) < 4.78 is 388. The first-order valence-electron chi connectivity index (χ1n) is 18.6. The van der Waals surface area contributed by atoms with Crippen LogP contribution >= 0.6 is 0 Å². The van der Waals surface area contributed by atoms with Gasteiger partial charge in [-0.2, -0.15) is 109 Å².